The highest BCUT2D eigenvalue weighted by Gasteiger charge is 2.37. The maximum absolute atomic E-state index is 5.30. The summed E-state index contributed by atoms with van der Waals surface area (Å²) in [5, 5.41) is 11.0. The molecule has 1 aliphatic rings. The molecule has 25 heavy (non-hydrogen) atoms. The first kappa shape index (κ1) is 19.8. The molecule has 0 aromatic carbocycles. The van der Waals surface area contributed by atoms with E-state index in [0.29, 0.717) is 11.3 Å². The standard InChI is InChI=1S/C20H36N4O/c1-7-21-19(23-13-20(9-8-10-20)11-14(2)3)22-12-15(4)18-16(5)24-25-17(18)6/h14-15H,7-13H2,1-6H3,(H2,21,22,23). The van der Waals surface area contributed by atoms with Crippen molar-refractivity contribution in [3.8, 4) is 0 Å². The second kappa shape index (κ2) is 8.72. The predicted molar refractivity (Wildman–Crippen MR) is 104 cm³/mol. The summed E-state index contributed by atoms with van der Waals surface area (Å²) < 4.78 is 5.30. The quantitative estimate of drug-likeness (QED) is 0.547. The van der Waals surface area contributed by atoms with Crippen LogP contribution in [0.2, 0.25) is 0 Å². The number of aromatic nitrogens is 1. The molecule has 1 saturated carbocycles. The van der Waals surface area contributed by atoms with E-state index >= 15 is 0 Å². The van der Waals surface area contributed by atoms with Crippen molar-refractivity contribution >= 4 is 5.96 Å². The number of hydrogen-bond donors (Lipinski definition) is 2. The molecule has 0 spiro atoms. The van der Waals surface area contributed by atoms with Gasteiger partial charge in [0.2, 0.25) is 0 Å². The second-order valence-corrected chi connectivity index (χ2v) is 8.17. The molecule has 0 aliphatic heterocycles. The smallest absolute Gasteiger partial charge is 0.191 e. The largest absolute Gasteiger partial charge is 0.361 e. The highest BCUT2D eigenvalue weighted by atomic mass is 16.5. The van der Waals surface area contributed by atoms with E-state index < -0.39 is 0 Å². The first-order chi connectivity index (χ1) is 11.9. The van der Waals surface area contributed by atoms with Gasteiger partial charge in [-0.05, 0) is 51.4 Å². The molecule has 1 aromatic heterocycles. The number of rotatable bonds is 8. The van der Waals surface area contributed by atoms with Crippen molar-refractivity contribution in [2.75, 3.05) is 19.6 Å². The van der Waals surface area contributed by atoms with Crippen molar-refractivity contribution in [1.29, 1.82) is 0 Å². The number of guanidine groups is 1. The van der Waals surface area contributed by atoms with Gasteiger partial charge in [-0.25, -0.2) is 0 Å². The predicted octanol–water partition coefficient (Wildman–Crippen LogP) is 4.17. The Morgan fingerprint density at radius 2 is 1.96 bits per heavy atom. The Labute approximate surface area is 153 Å². The molecule has 1 heterocycles. The molecule has 1 unspecified atom stereocenters. The first-order valence-electron chi connectivity index (χ1n) is 9.82. The molecular weight excluding hydrogens is 312 g/mol. The fourth-order valence-electron chi connectivity index (χ4n) is 4.10. The Balaban J connectivity index is 1.95. The third kappa shape index (κ3) is 5.23. The van der Waals surface area contributed by atoms with Crippen molar-refractivity contribution < 1.29 is 4.52 Å². The Morgan fingerprint density at radius 3 is 2.44 bits per heavy atom. The van der Waals surface area contributed by atoms with E-state index in [4.69, 9.17) is 9.52 Å². The van der Waals surface area contributed by atoms with E-state index in [2.05, 4.69) is 43.5 Å². The van der Waals surface area contributed by atoms with Gasteiger partial charge in [-0.1, -0.05) is 32.3 Å². The van der Waals surface area contributed by atoms with E-state index in [1.807, 2.05) is 13.8 Å². The fraction of sp³-hybridized carbons (Fsp3) is 0.800. The zero-order chi connectivity index (χ0) is 18.4. The second-order valence-electron chi connectivity index (χ2n) is 8.17. The summed E-state index contributed by atoms with van der Waals surface area (Å²) in [6.07, 6.45) is 5.29. The van der Waals surface area contributed by atoms with Gasteiger partial charge in [-0.15, -0.1) is 0 Å². The fourth-order valence-corrected chi connectivity index (χ4v) is 4.10. The zero-order valence-corrected chi connectivity index (χ0v) is 16.9. The van der Waals surface area contributed by atoms with Crippen molar-refractivity contribution in [3.05, 3.63) is 17.0 Å². The third-order valence-electron chi connectivity index (χ3n) is 5.33. The summed E-state index contributed by atoms with van der Waals surface area (Å²) >= 11 is 0. The first-order valence-corrected chi connectivity index (χ1v) is 9.82. The van der Waals surface area contributed by atoms with Gasteiger partial charge < -0.3 is 15.2 Å². The molecule has 0 radical (unpaired) electrons. The summed E-state index contributed by atoms with van der Waals surface area (Å²) in [4.78, 5) is 4.91. The van der Waals surface area contributed by atoms with E-state index in [9.17, 15) is 0 Å². The average molecular weight is 349 g/mol. The average Bonchev–Trinajstić information content (AvgIpc) is 2.85. The van der Waals surface area contributed by atoms with Crippen LogP contribution in [0.5, 0.6) is 0 Å². The Morgan fingerprint density at radius 1 is 1.24 bits per heavy atom. The van der Waals surface area contributed by atoms with Crippen molar-refractivity contribution in [2.24, 2.45) is 16.3 Å². The van der Waals surface area contributed by atoms with Gasteiger partial charge in [-0.3, -0.25) is 4.99 Å². The molecule has 0 saturated heterocycles. The summed E-state index contributed by atoms with van der Waals surface area (Å²) in [6, 6.07) is 0. The van der Waals surface area contributed by atoms with Crippen LogP contribution in [0, 0.1) is 25.2 Å². The normalized spacial score (nSPS) is 18.1. The van der Waals surface area contributed by atoms with E-state index in [1.165, 1.54) is 31.2 Å². The highest BCUT2D eigenvalue weighted by Crippen LogP contribution is 2.46. The summed E-state index contributed by atoms with van der Waals surface area (Å²) in [7, 11) is 0. The van der Waals surface area contributed by atoms with E-state index in [0.717, 1.165) is 43.0 Å². The van der Waals surface area contributed by atoms with Crippen LogP contribution in [0.15, 0.2) is 9.52 Å². The van der Waals surface area contributed by atoms with Crippen molar-refractivity contribution in [2.45, 2.75) is 73.1 Å². The molecule has 0 amide bonds. The number of nitrogens with one attached hydrogen (secondary N) is 2. The minimum Gasteiger partial charge on any atom is -0.361 e. The molecule has 2 N–H and O–H groups in total. The van der Waals surface area contributed by atoms with Crippen LogP contribution in [-0.4, -0.2) is 30.8 Å². The van der Waals surface area contributed by atoms with E-state index in [1.54, 1.807) is 0 Å². The number of aliphatic imine (C=N–C) groups is 1. The SMILES string of the molecule is CCNC(=NCC1(CC(C)C)CCC1)NCC(C)c1c(C)noc1C. The molecule has 1 fully saturated rings. The minimum absolute atomic E-state index is 0.337. The van der Waals surface area contributed by atoms with Gasteiger partial charge >= 0.3 is 0 Å². The van der Waals surface area contributed by atoms with Crippen LogP contribution in [0.3, 0.4) is 0 Å². The topological polar surface area (TPSA) is 62.5 Å². The lowest BCUT2D eigenvalue weighted by atomic mass is 9.64. The van der Waals surface area contributed by atoms with Gasteiger partial charge in [0.05, 0.1) is 5.69 Å². The molecule has 0 bridgehead atoms. The lowest BCUT2D eigenvalue weighted by Crippen LogP contribution is -2.41. The lowest BCUT2D eigenvalue weighted by Gasteiger charge is -2.42. The van der Waals surface area contributed by atoms with Gasteiger partial charge in [0.25, 0.3) is 0 Å². The summed E-state index contributed by atoms with van der Waals surface area (Å²) in [5.41, 5.74) is 2.63. The van der Waals surface area contributed by atoms with Crippen LogP contribution in [-0.2, 0) is 0 Å². The monoisotopic (exact) mass is 348 g/mol. The Bertz CT molecular complexity index is 553. The van der Waals surface area contributed by atoms with E-state index in [-0.39, 0.29) is 0 Å². The molecule has 2 rings (SSSR count). The number of hydrogen-bond acceptors (Lipinski definition) is 3. The lowest BCUT2D eigenvalue weighted by molar-refractivity contribution is 0.111. The summed E-state index contributed by atoms with van der Waals surface area (Å²) in [5.74, 6) is 2.92. The third-order valence-corrected chi connectivity index (χ3v) is 5.33. The maximum atomic E-state index is 5.30. The van der Waals surface area contributed by atoms with Crippen LogP contribution in [0.4, 0.5) is 0 Å². The molecular formula is C20H36N4O. The molecule has 1 atom stereocenters. The van der Waals surface area contributed by atoms with Gasteiger partial charge in [-0.2, -0.15) is 0 Å². The summed E-state index contributed by atoms with van der Waals surface area (Å²) in [6.45, 7) is 15.6. The molecule has 142 valence electrons. The van der Waals surface area contributed by atoms with Crippen molar-refractivity contribution in [1.82, 2.24) is 15.8 Å². The Hall–Kier alpha value is -1.52. The number of nitrogens with zero attached hydrogens (tertiary/aromatic N) is 2. The van der Waals surface area contributed by atoms with Crippen molar-refractivity contribution in [3.63, 3.8) is 0 Å². The van der Waals surface area contributed by atoms with Crippen LogP contribution in [0.25, 0.3) is 0 Å². The highest BCUT2D eigenvalue weighted by molar-refractivity contribution is 5.79. The Kier molecular flexibility index (Phi) is 6.91. The molecule has 1 aromatic rings. The van der Waals surface area contributed by atoms with Gasteiger partial charge in [0.15, 0.2) is 5.96 Å². The van der Waals surface area contributed by atoms with Crippen LogP contribution in [0.1, 0.15) is 76.3 Å². The van der Waals surface area contributed by atoms with Crippen LogP contribution < -0.4 is 10.6 Å². The molecule has 5 nitrogen and oxygen atoms in total. The van der Waals surface area contributed by atoms with Gasteiger partial charge in [0.1, 0.15) is 5.76 Å². The number of aryl methyl sites for hydroxylation is 2. The molecule has 5 heteroatoms. The van der Waals surface area contributed by atoms with Crippen LogP contribution >= 0.6 is 0 Å². The zero-order valence-electron chi connectivity index (χ0n) is 16.9. The van der Waals surface area contributed by atoms with Gasteiger partial charge in [0, 0.05) is 31.1 Å². The molecule has 1 aliphatic carbocycles. The maximum Gasteiger partial charge on any atom is 0.191 e. The minimum atomic E-state index is 0.337.